The molecule has 0 bridgehead atoms. The molecule has 2 aromatic rings. The molecule has 0 saturated heterocycles. The Balaban J connectivity index is 1.91. The van der Waals surface area contributed by atoms with E-state index in [-0.39, 0.29) is 18.4 Å². The van der Waals surface area contributed by atoms with Crippen LogP contribution in [0.2, 0.25) is 5.02 Å². The summed E-state index contributed by atoms with van der Waals surface area (Å²) < 4.78 is 0. The molecule has 2 rings (SSSR count). The maximum Gasteiger partial charge on any atom is 0.319 e. The monoisotopic (exact) mass is 363 g/mol. The number of benzene rings is 2. The Morgan fingerprint density at radius 2 is 1.79 bits per heavy atom. The number of halogens is 1. The number of thioether (sulfide) groups is 1. The number of hydrogen-bond donors (Lipinski definition) is 3. The Morgan fingerprint density at radius 1 is 1.08 bits per heavy atom. The molecule has 0 spiro atoms. The number of urea groups is 1. The van der Waals surface area contributed by atoms with E-state index in [1.807, 2.05) is 42.5 Å². The number of nitrogens with one attached hydrogen (secondary N) is 2. The van der Waals surface area contributed by atoms with Gasteiger partial charge in [-0.15, -0.1) is 11.8 Å². The summed E-state index contributed by atoms with van der Waals surface area (Å²) in [6, 6.07) is 14.4. The molecule has 0 atom stereocenters. The van der Waals surface area contributed by atoms with Crippen molar-refractivity contribution in [2.75, 3.05) is 11.1 Å². The third kappa shape index (κ3) is 5.79. The molecule has 0 aromatic heterocycles. The van der Waals surface area contributed by atoms with Gasteiger partial charge in [-0.2, -0.15) is 0 Å². The van der Waals surface area contributed by atoms with E-state index in [0.29, 0.717) is 23.0 Å². The predicted molar refractivity (Wildman–Crippen MR) is 98.3 cm³/mol. The zero-order valence-corrected chi connectivity index (χ0v) is 14.5. The van der Waals surface area contributed by atoms with Crippen LogP contribution in [0.4, 0.5) is 10.5 Å². The lowest BCUT2D eigenvalue weighted by molar-refractivity contribution is -0.117. The van der Waals surface area contributed by atoms with Gasteiger partial charge in [-0.25, -0.2) is 4.79 Å². The fourth-order valence-corrected chi connectivity index (χ4v) is 3.12. The maximum absolute atomic E-state index is 12.1. The van der Waals surface area contributed by atoms with E-state index < -0.39 is 0 Å². The molecule has 0 unspecified atom stereocenters. The molecule has 3 amide bonds. The summed E-state index contributed by atoms with van der Waals surface area (Å²) in [7, 11) is 0. The molecule has 0 fully saturated rings. The average molecular weight is 364 g/mol. The first-order valence-electron chi connectivity index (χ1n) is 7.34. The van der Waals surface area contributed by atoms with Crippen molar-refractivity contribution in [3.63, 3.8) is 0 Å². The zero-order chi connectivity index (χ0) is 17.4. The quantitative estimate of drug-likeness (QED) is 0.657. The van der Waals surface area contributed by atoms with E-state index in [4.69, 9.17) is 17.3 Å². The van der Waals surface area contributed by atoms with Crippen LogP contribution < -0.4 is 16.4 Å². The second-order valence-corrected chi connectivity index (χ2v) is 6.50. The largest absolute Gasteiger partial charge is 0.370 e. The van der Waals surface area contributed by atoms with Gasteiger partial charge in [0, 0.05) is 28.6 Å². The van der Waals surface area contributed by atoms with E-state index in [1.165, 1.54) is 11.8 Å². The first-order valence-corrected chi connectivity index (χ1v) is 8.71. The van der Waals surface area contributed by atoms with E-state index in [9.17, 15) is 9.59 Å². The lowest BCUT2D eigenvalue weighted by Crippen LogP contribution is -2.28. The van der Waals surface area contributed by atoms with Gasteiger partial charge in [-0.1, -0.05) is 41.9 Å². The SMILES string of the molecule is NC(=O)CCSc1ccccc1NC(=O)NCc1ccccc1Cl. The molecule has 0 aliphatic heterocycles. The Bertz CT molecular complexity index is 724. The molecule has 5 nitrogen and oxygen atoms in total. The second kappa shape index (κ2) is 9.20. The predicted octanol–water partition coefficient (Wildman–Crippen LogP) is 3.63. The van der Waals surface area contributed by atoms with Gasteiger partial charge in [0.15, 0.2) is 0 Å². The number of para-hydroxylation sites is 1. The summed E-state index contributed by atoms with van der Waals surface area (Å²) in [6.07, 6.45) is 0.289. The van der Waals surface area contributed by atoms with E-state index >= 15 is 0 Å². The van der Waals surface area contributed by atoms with Crippen LogP contribution >= 0.6 is 23.4 Å². The van der Waals surface area contributed by atoms with Gasteiger partial charge in [0.25, 0.3) is 0 Å². The minimum Gasteiger partial charge on any atom is -0.370 e. The van der Waals surface area contributed by atoms with Gasteiger partial charge in [-0.05, 0) is 23.8 Å². The molecule has 24 heavy (non-hydrogen) atoms. The summed E-state index contributed by atoms with van der Waals surface area (Å²) in [6.45, 7) is 0.336. The minimum atomic E-state index is -0.342. The van der Waals surface area contributed by atoms with E-state index in [0.717, 1.165) is 10.5 Å². The molecular formula is C17H18ClN3O2S. The van der Waals surface area contributed by atoms with Crippen LogP contribution in [-0.2, 0) is 11.3 Å². The molecule has 0 radical (unpaired) electrons. The van der Waals surface area contributed by atoms with Crippen LogP contribution in [0.15, 0.2) is 53.4 Å². The molecule has 0 saturated carbocycles. The summed E-state index contributed by atoms with van der Waals surface area (Å²) in [5.74, 6) is 0.223. The highest BCUT2D eigenvalue weighted by atomic mass is 35.5. The van der Waals surface area contributed by atoms with Crippen molar-refractivity contribution in [1.82, 2.24) is 5.32 Å². The van der Waals surface area contributed by atoms with Gasteiger partial charge in [0.2, 0.25) is 5.91 Å². The molecule has 2 aromatic carbocycles. The van der Waals surface area contributed by atoms with Crippen molar-refractivity contribution in [2.45, 2.75) is 17.9 Å². The smallest absolute Gasteiger partial charge is 0.319 e. The van der Waals surface area contributed by atoms with Crippen molar-refractivity contribution in [3.8, 4) is 0 Å². The van der Waals surface area contributed by atoms with E-state index in [2.05, 4.69) is 10.6 Å². The Hall–Kier alpha value is -2.18. The first kappa shape index (κ1) is 18.2. The normalized spacial score (nSPS) is 10.2. The van der Waals surface area contributed by atoms with Crippen LogP contribution in [0, 0.1) is 0 Å². The number of rotatable bonds is 7. The Kier molecular flexibility index (Phi) is 6.96. The molecule has 4 N–H and O–H groups in total. The van der Waals surface area contributed by atoms with Crippen LogP contribution in [0.3, 0.4) is 0 Å². The Labute approximate surface area is 150 Å². The third-order valence-electron chi connectivity index (χ3n) is 3.14. The van der Waals surface area contributed by atoms with Gasteiger partial charge in [-0.3, -0.25) is 4.79 Å². The highest BCUT2D eigenvalue weighted by Crippen LogP contribution is 2.27. The van der Waals surface area contributed by atoms with Crippen molar-refractivity contribution >= 4 is 41.0 Å². The Morgan fingerprint density at radius 3 is 2.54 bits per heavy atom. The zero-order valence-electron chi connectivity index (χ0n) is 12.9. The highest BCUT2D eigenvalue weighted by molar-refractivity contribution is 7.99. The minimum absolute atomic E-state index is 0.289. The van der Waals surface area contributed by atoms with Gasteiger partial charge in [0.05, 0.1) is 5.69 Å². The van der Waals surface area contributed by atoms with Crippen molar-refractivity contribution in [2.24, 2.45) is 5.73 Å². The first-order chi connectivity index (χ1) is 11.6. The van der Waals surface area contributed by atoms with Gasteiger partial charge >= 0.3 is 6.03 Å². The lowest BCUT2D eigenvalue weighted by atomic mass is 10.2. The molecule has 0 aliphatic carbocycles. The number of nitrogens with two attached hydrogens (primary N) is 1. The number of hydrogen-bond acceptors (Lipinski definition) is 3. The fraction of sp³-hybridized carbons (Fsp3) is 0.176. The van der Waals surface area contributed by atoms with Crippen molar-refractivity contribution in [1.29, 1.82) is 0 Å². The molecule has 7 heteroatoms. The standard InChI is InChI=1S/C17H18ClN3O2S/c18-13-6-2-1-5-12(13)11-20-17(23)21-14-7-3-4-8-15(14)24-10-9-16(19)22/h1-8H,9-11H2,(H2,19,22)(H2,20,21,23). The summed E-state index contributed by atoms with van der Waals surface area (Å²) in [4.78, 5) is 23.8. The summed E-state index contributed by atoms with van der Waals surface area (Å²) in [5, 5.41) is 6.19. The van der Waals surface area contributed by atoms with Crippen LogP contribution in [0.25, 0.3) is 0 Å². The third-order valence-corrected chi connectivity index (χ3v) is 4.58. The van der Waals surface area contributed by atoms with Crippen LogP contribution in [-0.4, -0.2) is 17.7 Å². The van der Waals surface area contributed by atoms with Gasteiger partial charge in [0.1, 0.15) is 0 Å². The summed E-state index contributed by atoms with van der Waals surface area (Å²) in [5.41, 5.74) is 6.67. The van der Waals surface area contributed by atoms with Gasteiger partial charge < -0.3 is 16.4 Å². The number of carbonyl (C=O) groups is 2. The molecule has 0 aliphatic rings. The second-order valence-electron chi connectivity index (χ2n) is 4.96. The molecule has 126 valence electrons. The molecular weight excluding hydrogens is 346 g/mol. The highest BCUT2D eigenvalue weighted by Gasteiger charge is 2.08. The molecule has 0 heterocycles. The van der Waals surface area contributed by atoms with Crippen molar-refractivity contribution in [3.05, 3.63) is 59.1 Å². The topological polar surface area (TPSA) is 84.2 Å². The number of anilines is 1. The average Bonchev–Trinajstić information content (AvgIpc) is 2.55. The van der Waals surface area contributed by atoms with E-state index in [1.54, 1.807) is 6.07 Å². The number of carbonyl (C=O) groups excluding carboxylic acids is 2. The van der Waals surface area contributed by atoms with Crippen molar-refractivity contribution < 1.29 is 9.59 Å². The maximum atomic E-state index is 12.1. The number of primary amides is 1. The van der Waals surface area contributed by atoms with Crippen LogP contribution in [0.1, 0.15) is 12.0 Å². The summed E-state index contributed by atoms with van der Waals surface area (Å²) >= 11 is 7.53. The fourth-order valence-electron chi connectivity index (χ4n) is 1.94. The van der Waals surface area contributed by atoms with Crippen LogP contribution in [0.5, 0.6) is 0 Å². The lowest BCUT2D eigenvalue weighted by Gasteiger charge is -2.12. The number of amides is 3.